The number of nitrogens with zero attached hydrogens (tertiary/aromatic N) is 1. The van der Waals surface area contributed by atoms with Crippen LogP contribution in [0.5, 0.6) is 0 Å². The third-order valence-electron chi connectivity index (χ3n) is 1.40. The van der Waals surface area contributed by atoms with Gasteiger partial charge in [-0.15, -0.1) is 0 Å². The van der Waals surface area contributed by atoms with Crippen LogP contribution in [-0.4, -0.2) is 0 Å². The maximum Gasteiger partial charge on any atom is 0.0992 e. The predicted molar refractivity (Wildman–Crippen MR) is 59.2 cm³/mol. The van der Waals surface area contributed by atoms with E-state index in [4.69, 9.17) is 5.26 Å². The molecule has 0 saturated carbocycles. The van der Waals surface area contributed by atoms with Crippen LogP contribution in [0, 0.1) is 11.3 Å². The first kappa shape index (κ1) is 10.2. The molecule has 0 aliphatic heterocycles. The summed E-state index contributed by atoms with van der Waals surface area (Å²) in [5.41, 5.74) is 1.77. The first-order chi connectivity index (χ1) is 5.69. The largest absolute Gasteiger partial charge is 0.192 e. The fourth-order valence-electron chi connectivity index (χ4n) is 0.795. The van der Waals surface area contributed by atoms with Crippen molar-refractivity contribution in [3.63, 3.8) is 0 Å². The summed E-state index contributed by atoms with van der Waals surface area (Å²) in [5, 5.41) is 9.41. The van der Waals surface area contributed by atoms with E-state index in [1.165, 1.54) is 0 Å². The molecule has 0 heterocycles. The molecule has 0 unspecified atom stereocenters. The molecular weight excluding hydrogens is 350 g/mol. The van der Waals surface area contributed by atoms with Gasteiger partial charge in [0.2, 0.25) is 0 Å². The molecule has 4 heteroatoms. The van der Waals surface area contributed by atoms with Crippen molar-refractivity contribution in [3.05, 3.63) is 32.2 Å². The average Bonchev–Trinajstić information content (AvgIpc) is 2.03. The smallest absolute Gasteiger partial charge is 0.0992 e. The summed E-state index contributed by atoms with van der Waals surface area (Å²) in [6, 6.07) is 5.70. The average molecular weight is 354 g/mol. The second kappa shape index (κ2) is 4.40. The van der Waals surface area contributed by atoms with Gasteiger partial charge in [0, 0.05) is 14.3 Å². The Morgan fingerprint density at radius 2 is 1.75 bits per heavy atom. The summed E-state index contributed by atoms with van der Waals surface area (Å²) in [5.74, 6) is 0. The summed E-state index contributed by atoms with van der Waals surface area (Å²) in [7, 11) is 0. The Kier molecular flexibility index (Phi) is 3.76. The molecule has 0 amide bonds. The molecule has 0 saturated heterocycles. The molecule has 0 N–H and O–H groups in total. The van der Waals surface area contributed by atoms with E-state index in [2.05, 4.69) is 53.9 Å². The van der Waals surface area contributed by atoms with E-state index >= 15 is 0 Å². The van der Waals surface area contributed by atoms with Crippen LogP contribution in [0.2, 0.25) is 0 Å². The molecule has 1 aromatic carbocycles. The third kappa shape index (κ3) is 2.09. The highest BCUT2D eigenvalue weighted by molar-refractivity contribution is 9.11. The van der Waals surface area contributed by atoms with Crippen LogP contribution >= 0.6 is 47.8 Å². The molecule has 62 valence electrons. The first-order valence-electron chi connectivity index (χ1n) is 3.13. The molecule has 1 nitrogen and oxygen atoms in total. The van der Waals surface area contributed by atoms with Crippen molar-refractivity contribution in [2.45, 2.75) is 5.33 Å². The summed E-state index contributed by atoms with van der Waals surface area (Å²) in [6.07, 6.45) is 0. The Hall–Kier alpha value is 0.150. The Bertz CT molecular complexity index is 318. The van der Waals surface area contributed by atoms with E-state index < -0.39 is 0 Å². The number of rotatable bonds is 1. The summed E-state index contributed by atoms with van der Waals surface area (Å²) >= 11 is 10.1. The summed E-state index contributed by atoms with van der Waals surface area (Å²) in [6.45, 7) is 0. The van der Waals surface area contributed by atoms with E-state index in [0.29, 0.717) is 5.56 Å². The van der Waals surface area contributed by atoms with Crippen molar-refractivity contribution in [1.29, 1.82) is 5.26 Å². The Morgan fingerprint density at radius 3 is 2.08 bits per heavy atom. The number of nitriles is 1. The van der Waals surface area contributed by atoms with Gasteiger partial charge in [-0.05, 0) is 17.7 Å². The molecule has 12 heavy (non-hydrogen) atoms. The lowest BCUT2D eigenvalue weighted by Gasteiger charge is -2.03. The SMILES string of the molecule is N#Cc1cc(Br)c(CBr)c(Br)c1. The normalized spacial score (nSPS) is 9.50. The molecule has 0 fully saturated rings. The van der Waals surface area contributed by atoms with Gasteiger partial charge in [0.1, 0.15) is 0 Å². The molecule has 0 bridgehead atoms. The lowest BCUT2D eigenvalue weighted by Crippen LogP contribution is -1.85. The summed E-state index contributed by atoms with van der Waals surface area (Å²) in [4.78, 5) is 0. The van der Waals surface area contributed by atoms with Gasteiger partial charge in [-0.25, -0.2) is 0 Å². The van der Waals surface area contributed by atoms with Crippen molar-refractivity contribution < 1.29 is 0 Å². The van der Waals surface area contributed by atoms with E-state index in [9.17, 15) is 0 Å². The predicted octanol–water partition coefficient (Wildman–Crippen LogP) is 3.98. The monoisotopic (exact) mass is 351 g/mol. The zero-order valence-electron chi connectivity index (χ0n) is 5.94. The number of alkyl halides is 1. The Labute approximate surface area is 96.2 Å². The van der Waals surface area contributed by atoms with Gasteiger partial charge < -0.3 is 0 Å². The minimum Gasteiger partial charge on any atom is -0.192 e. The fraction of sp³-hybridized carbons (Fsp3) is 0.125. The molecule has 0 aliphatic rings. The second-order valence-electron chi connectivity index (χ2n) is 2.16. The van der Waals surface area contributed by atoms with Crippen molar-refractivity contribution >= 4 is 47.8 Å². The molecule has 0 spiro atoms. The zero-order valence-corrected chi connectivity index (χ0v) is 10.7. The highest BCUT2D eigenvalue weighted by Gasteiger charge is 2.05. The van der Waals surface area contributed by atoms with Crippen LogP contribution < -0.4 is 0 Å². The molecule has 0 atom stereocenters. The van der Waals surface area contributed by atoms with Crippen LogP contribution in [-0.2, 0) is 5.33 Å². The van der Waals surface area contributed by atoms with Gasteiger partial charge in [-0.1, -0.05) is 47.8 Å². The number of hydrogen-bond donors (Lipinski definition) is 0. The number of benzene rings is 1. The molecular formula is C8H4Br3N. The minimum absolute atomic E-state index is 0.651. The van der Waals surface area contributed by atoms with E-state index in [1.54, 1.807) is 12.1 Å². The van der Waals surface area contributed by atoms with Crippen molar-refractivity contribution in [2.24, 2.45) is 0 Å². The molecule has 0 radical (unpaired) electrons. The maximum atomic E-state index is 8.65. The lowest BCUT2D eigenvalue weighted by atomic mass is 10.2. The van der Waals surface area contributed by atoms with Crippen LogP contribution in [0.4, 0.5) is 0 Å². The first-order valence-corrected chi connectivity index (χ1v) is 5.83. The quantitative estimate of drug-likeness (QED) is 0.701. The van der Waals surface area contributed by atoms with Crippen LogP contribution in [0.1, 0.15) is 11.1 Å². The molecule has 0 aliphatic carbocycles. The van der Waals surface area contributed by atoms with Gasteiger partial charge in [0.15, 0.2) is 0 Å². The van der Waals surface area contributed by atoms with Gasteiger partial charge in [0.25, 0.3) is 0 Å². The third-order valence-corrected chi connectivity index (χ3v) is 3.38. The molecule has 0 aromatic heterocycles. The van der Waals surface area contributed by atoms with Gasteiger partial charge in [-0.3, -0.25) is 0 Å². The molecule has 1 rings (SSSR count). The van der Waals surface area contributed by atoms with Crippen molar-refractivity contribution in [1.82, 2.24) is 0 Å². The Balaban J connectivity index is 3.30. The molecule has 1 aromatic rings. The maximum absolute atomic E-state index is 8.65. The van der Waals surface area contributed by atoms with Gasteiger partial charge in [-0.2, -0.15) is 5.26 Å². The van der Waals surface area contributed by atoms with Crippen LogP contribution in [0.15, 0.2) is 21.1 Å². The van der Waals surface area contributed by atoms with E-state index in [0.717, 1.165) is 19.8 Å². The van der Waals surface area contributed by atoms with Gasteiger partial charge in [0.05, 0.1) is 11.6 Å². The highest BCUT2D eigenvalue weighted by Crippen LogP contribution is 2.28. The topological polar surface area (TPSA) is 23.8 Å². The van der Waals surface area contributed by atoms with Crippen LogP contribution in [0.25, 0.3) is 0 Å². The fourth-order valence-corrected chi connectivity index (χ4v) is 3.62. The van der Waals surface area contributed by atoms with Crippen LogP contribution in [0.3, 0.4) is 0 Å². The van der Waals surface area contributed by atoms with Crippen molar-refractivity contribution in [2.75, 3.05) is 0 Å². The second-order valence-corrected chi connectivity index (χ2v) is 4.43. The summed E-state index contributed by atoms with van der Waals surface area (Å²) < 4.78 is 1.90. The van der Waals surface area contributed by atoms with E-state index in [-0.39, 0.29) is 0 Å². The lowest BCUT2D eigenvalue weighted by molar-refractivity contribution is 1.34. The number of hydrogen-bond acceptors (Lipinski definition) is 1. The number of halogens is 3. The minimum atomic E-state index is 0.651. The zero-order chi connectivity index (χ0) is 9.14. The van der Waals surface area contributed by atoms with Crippen molar-refractivity contribution in [3.8, 4) is 6.07 Å². The van der Waals surface area contributed by atoms with Gasteiger partial charge >= 0.3 is 0 Å². The standard InChI is InChI=1S/C8H4Br3N/c9-3-6-7(10)1-5(4-12)2-8(6)11/h1-2H,3H2. The highest BCUT2D eigenvalue weighted by atomic mass is 79.9. The van der Waals surface area contributed by atoms with E-state index in [1.807, 2.05) is 0 Å². The Morgan fingerprint density at radius 1 is 1.25 bits per heavy atom.